The number of amidine groups is 1. The molecular formula is C16H15ClF5N5O. The molecule has 0 radical (unpaired) electrons. The number of ether oxygens (including phenoxy) is 1. The van der Waals surface area contributed by atoms with Crippen LogP contribution in [-0.4, -0.2) is 28.3 Å². The number of hydrogen-bond acceptors (Lipinski definition) is 5. The number of anilines is 1. The topological polar surface area (TPSA) is 77.5 Å². The van der Waals surface area contributed by atoms with Crippen LogP contribution in [0.5, 0.6) is 0 Å². The third kappa shape index (κ3) is 3.58. The Balaban J connectivity index is 1.89. The SMILES string of the molecule is CC1(c2cc(NCc3nn(C(F)F)cc3Cl)ccc2F)N=C(N)OCC1(F)F. The van der Waals surface area contributed by atoms with Gasteiger partial charge in [-0.3, -0.25) is 0 Å². The molecule has 12 heteroatoms. The summed E-state index contributed by atoms with van der Waals surface area (Å²) in [5.41, 5.74) is 3.06. The molecule has 1 atom stereocenters. The Morgan fingerprint density at radius 2 is 2.11 bits per heavy atom. The van der Waals surface area contributed by atoms with Crippen LogP contribution in [0.2, 0.25) is 5.02 Å². The van der Waals surface area contributed by atoms with E-state index in [1.54, 1.807) is 0 Å². The number of alkyl halides is 4. The van der Waals surface area contributed by atoms with Gasteiger partial charge in [-0.2, -0.15) is 22.7 Å². The van der Waals surface area contributed by atoms with Gasteiger partial charge < -0.3 is 15.8 Å². The molecule has 6 nitrogen and oxygen atoms in total. The van der Waals surface area contributed by atoms with E-state index in [0.29, 0.717) is 4.68 Å². The molecule has 3 rings (SSSR count). The highest BCUT2D eigenvalue weighted by Gasteiger charge is 2.56. The molecular weight excluding hydrogens is 409 g/mol. The van der Waals surface area contributed by atoms with Crippen molar-refractivity contribution in [2.45, 2.75) is 31.5 Å². The number of aliphatic imine (C=N–C) groups is 1. The molecule has 0 saturated heterocycles. The second-order valence-electron chi connectivity index (χ2n) is 6.24. The largest absolute Gasteiger partial charge is 0.459 e. The Labute approximate surface area is 161 Å². The molecule has 1 aliphatic rings. The van der Waals surface area contributed by atoms with Crippen molar-refractivity contribution in [2.75, 3.05) is 11.9 Å². The zero-order valence-electron chi connectivity index (χ0n) is 14.4. The number of nitrogens with one attached hydrogen (secondary N) is 1. The van der Waals surface area contributed by atoms with E-state index < -0.39 is 42.0 Å². The quantitative estimate of drug-likeness (QED) is 0.715. The maximum atomic E-state index is 14.4. The second kappa shape index (κ2) is 7.12. The first kappa shape index (κ1) is 20.2. The number of aromatic nitrogens is 2. The van der Waals surface area contributed by atoms with Crippen molar-refractivity contribution >= 4 is 23.3 Å². The van der Waals surface area contributed by atoms with Crippen molar-refractivity contribution in [3.05, 3.63) is 46.5 Å². The summed E-state index contributed by atoms with van der Waals surface area (Å²) in [6.45, 7) is -2.95. The van der Waals surface area contributed by atoms with Crippen molar-refractivity contribution in [2.24, 2.45) is 10.7 Å². The fourth-order valence-corrected chi connectivity index (χ4v) is 2.92. The predicted molar refractivity (Wildman–Crippen MR) is 92.1 cm³/mol. The minimum atomic E-state index is -3.52. The second-order valence-corrected chi connectivity index (χ2v) is 6.65. The molecule has 1 aromatic carbocycles. The highest BCUT2D eigenvalue weighted by molar-refractivity contribution is 6.31. The third-order valence-electron chi connectivity index (χ3n) is 4.36. The van der Waals surface area contributed by atoms with Crippen LogP contribution >= 0.6 is 11.6 Å². The van der Waals surface area contributed by atoms with Crippen molar-refractivity contribution in [3.63, 3.8) is 0 Å². The first-order valence-corrected chi connectivity index (χ1v) is 8.33. The van der Waals surface area contributed by atoms with Gasteiger partial charge in [-0.15, -0.1) is 0 Å². The van der Waals surface area contributed by atoms with Crippen LogP contribution in [-0.2, 0) is 16.8 Å². The molecule has 0 fully saturated rings. The molecule has 0 bridgehead atoms. The van der Waals surface area contributed by atoms with Crippen molar-refractivity contribution < 1.29 is 26.7 Å². The van der Waals surface area contributed by atoms with E-state index >= 15 is 0 Å². The Hall–Kier alpha value is -2.56. The molecule has 3 N–H and O–H groups in total. The van der Waals surface area contributed by atoms with Crippen molar-refractivity contribution in [3.8, 4) is 0 Å². The van der Waals surface area contributed by atoms with Gasteiger partial charge in [0, 0.05) is 17.4 Å². The first-order valence-electron chi connectivity index (χ1n) is 7.95. The minimum absolute atomic E-state index is 0.00423. The summed E-state index contributed by atoms with van der Waals surface area (Å²) in [5, 5.41) is 6.41. The Morgan fingerprint density at radius 3 is 2.75 bits per heavy atom. The number of nitrogens with zero attached hydrogens (tertiary/aromatic N) is 3. The number of benzene rings is 1. The minimum Gasteiger partial charge on any atom is -0.459 e. The average molecular weight is 424 g/mol. The molecule has 152 valence electrons. The Kier molecular flexibility index (Phi) is 5.13. The average Bonchev–Trinajstić information content (AvgIpc) is 2.99. The van der Waals surface area contributed by atoms with Gasteiger partial charge >= 0.3 is 12.5 Å². The van der Waals surface area contributed by atoms with Gasteiger partial charge in [0.15, 0.2) is 12.1 Å². The zero-order chi connectivity index (χ0) is 20.7. The summed E-state index contributed by atoms with van der Waals surface area (Å²) in [6, 6.07) is 2.95. The molecule has 0 spiro atoms. The Morgan fingerprint density at radius 1 is 1.39 bits per heavy atom. The molecule has 2 aromatic rings. The lowest BCUT2D eigenvalue weighted by Gasteiger charge is -2.37. The fraction of sp³-hybridized carbons (Fsp3) is 0.375. The highest BCUT2D eigenvalue weighted by Crippen LogP contribution is 2.44. The van der Waals surface area contributed by atoms with Gasteiger partial charge in [0.2, 0.25) is 0 Å². The van der Waals surface area contributed by atoms with E-state index in [1.807, 2.05) is 0 Å². The zero-order valence-corrected chi connectivity index (χ0v) is 15.2. The maximum Gasteiger partial charge on any atom is 0.333 e. The lowest BCUT2D eigenvalue weighted by atomic mass is 9.85. The van der Waals surface area contributed by atoms with Gasteiger partial charge in [0.1, 0.15) is 11.5 Å². The van der Waals surface area contributed by atoms with E-state index in [1.165, 1.54) is 6.07 Å². The lowest BCUT2D eigenvalue weighted by molar-refractivity contribution is -0.117. The first-order chi connectivity index (χ1) is 13.0. The fourth-order valence-electron chi connectivity index (χ4n) is 2.72. The van der Waals surface area contributed by atoms with Crippen LogP contribution in [0.3, 0.4) is 0 Å². The van der Waals surface area contributed by atoms with Crippen molar-refractivity contribution in [1.29, 1.82) is 0 Å². The highest BCUT2D eigenvalue weighted by atomic mass is 35.5. The van der Waals surface area contributed by atoms with E-state index in [9.17, 15) is 22.0 Å². The standard InChI is InChI=1S/C16H15ClF5N5O/c1-15(16(21,22)7-28-14(23)25-15)9-4-8(2-3-11(9)18)24-5-12-10(17)6-27(26-12)13(19)20/h2-4,6,13,24H,5,7H2,1H3,(H2,23,25). The van der Waals surface area contributed by atoms with Crippen LogP contribution in [0.4, 0.5) is 27.6 Å². The number of rotatable bonds is 5. The van der Waals surface area contributed by atoms with E-state index in [4.69, 9.17) is 17.3 Å². The van der Waals surface area contributed by atoms with E-state index in [2.05, 4.69) is 20.1 Å². The Bertz CT molecular complexity index is 919. The summed E-state index contributed by atoms with van der Waals surface area (Å²) in [4.78, 5) is 3.63. The summed E-state index contributed by atoms with van der Waals surface area (Å²) in [7, 11) is 0. The van der Waals surface area contributed by atoms with Gasteiger partial charge in [-0.25, -0.2) is 14.1 Å². The third-order valence-corrected chi connectivity index (χ3v) is 4.67. The number of hydrogen-bond donors (Lipinski definition) is 2. The molecule has 0 saturated carbocycles. The summed E-state index contributed by atoms with van der Waals surface area (Å²) in [6.07, 6.45) is 0.959. The normalized spacial score (nSPS) is 21.4. The molecule has 0 aliphatic carbocycles. The van der Waals surface area contributed by atoms with Crippen molar-refractivity contribution in [1.82, 2.24) is 9.78 Å². The smallest absolute Gasteiger partial charge is 0.333 e. The molecule has 1 aromatic heterocycles. The molecule has 2 heterocycles. The van der Waals surface area contributed by atoms with E-state index in [-0.39, 0.29) is 22.9 Å². The number of halogens is 6. The molecule has 1 unspecified atom stereocenters. The molecule has 1 aliphatic heterocycles. The van der Waals surface area contributed by atoms with Gasteiger partial charge in [0.25, 0.3) is 6.02 Å². The lowest BCUT2D eigenvalue weighted by Crippen LogP contribution is -2.51. The van der Waals surface area contributed by atoms with Crippen LogP contribution in [0.25, 0.3) is 0 Å². The predicted octanol–water partition coefficient (Wildman–Crippen LogP) is 3.88. The molecule has 0 amide bonds. The van der Waals surface area contributed by atoms with Gasteiger partial charge in [-0.1, -0.05) is 11.6 Å². The summed E-state index contributed by atoms with van der Waals surface area (Å²) >= 11 is 5.85. The summed E-state index contributed by atoms with van der Waals surface area (Å²) < 4.78 is 73.5. The monoisotopic (exact) mass is 423 g/mol. The van der Waals surface area contributed by atoms with Gasteiger partial charge in [-0.05, 0) is 25.1 Å². The molecule has 28 heavy (non-hydrogen) atoms. The van der Waals surface area contributed by atoms with Crippen LogP contribution in [0, 0.1) is 5.82 Å². The summed E-state index contributed by atoms with van der Waals surface area (Å²) in [5.74, 6) is -4.43. The number of nitrogens with two attached hydrogens (primary N) is 1. The van der Waals surface area contributed by atoms with Crippen LogP contribution in [0.1, 0.15) is 24.7 Å². The van der Waals surface area contributed by atoms with E-state index in [0.717, 1.165) is 25.3 Å². The van der Waals surface area contributed by atoms with Gasteiger partial charge in [0.05, 0.1) is 11.6 Å². The van der Waals surface area contributed by atoms with Crippen LogP contribution in [0.15, 0.2) is 29.4 Å². The van der Waals surface area contributed by atoms with Crippen LogP contribution < -0.4 is 11.1 Å². The maximum absolute atomic E-state index is 14.4.